The van der Waals surface area contributed by atoms with E-state index < -0.39 is 10.1 Å². The lowest BCUT2D eigenvalue weighted by molar-refractivity contribution is 0.483. The van der Waals surface area contributed by atoms with Crippen LogP contribution < -0.4 is 0 Å². The van der Waals surface area contributed by atoms with Gasteiger partial charge in [-0.3, -0.25) is 4.55 Å². The van der Waals surface area contributed by atoms with Crippen molar-refractivity contribution in [1.82, 2.24) is 0 Å². The van der Waals surface area contributed by atoms with Gasteiger partial charge in [-0.2, -0.15) is 8.42 Å². The minimum Gasteiger partial charge on any atom is -0.282 e. The van der Waals surface area contributed by atoms with Crippen LogP contribution in [0.2, 0.25) is 5.02 Å². The number of hydrogen-bond acceptors (Lipinski definition) is 2. The fourth-order valence-corrected chi connectivity index (χ4v) is 2.13. The van der Waals surface area contributed by atoms with Gasteiger partial charge in [0.15, 0.2) is 0 Å². The van der Waals surface area contributed by atoms with Crippen LogP contribution in [0.25, 0.3) is 11.1 Å². The first-order valence-electron chi connectivity index (χ1n) is 4.80. The second-order valence-electron chi connectivity index (χ2n) is 3.51. The van der Waals surface area contributed by atoms with Gasteiger partial charge in [0.05, 0.1) is 4.90 Å². The predicted molar refractivity (Wildman–Crippen MR) is 66.7 cm³/mol. The largest absolute Gasteiger partial charge is 0.294 e. The first-order chi connectivity index (χ1) is 7.97. The highest BCUT2D eigenvalue weighted by Crippen LogP contribution is 2.23. The standard InChI is InChI=1S/C12H9ClO3S/c13-11-6-4-9(5-7-11)10-2-1-3-12(8-10)17(14,15)16/h1-8H,(H,14,15,16). The maximum atomic E-state index is 11.0. The predicted octanol–water partition coefficient (Wildman–Crippen LogP) is 3.25. The summed E-state index contributed by atoms with van der Waals surface area (Å²) in [6, 6.07) is 13.1. The van der Waals surface area contributed by atoms with E-state index in [1.165, 1.54) is 12.1 Å². The molecule has 0 aliphatic rings. The molecule has 2 aromatic carbocycles. The van der Waals surface area contributed by atoms with Gasteiger partial charge in [0.2, 0.25) is 0 Å². The Balaban J connectivity index is 2.50. The highest BCUT2D eigenvalue weighted by molar-refractivity contribution is 7.85. The minimum absolute atomic E-state index is 0.120. The van der Waals surface area contributed by atoms with Crippen molar-refractivity contribution in [2.75, 3.05) is 0 Å². The van der Waals surface area contributed by atoms with E-state index in [4.69, 9.17) is 16.2 Å². The zero-order valence-corrected chi connectivity index (χ0v) is 10.2. The molecule has 2 aromatic rings. The second-order valence-corrected chi connectivity index (χ2v) is 5.37. The summed E-state index contributed by atoms with van der Waals surface area (Å²) in [5, 5.41) is 0.611. The van der Waals surface area contributed by atoms with E-state index in [2.05, 4.69) is 0 Å². The Labute approximate surface area is 104 Å². The van der Waals surface area contributed by atoms with E-state index in [1.807, 2.05) is 0 Å². The number of hydrogen-bond donors (Lipinski definition) is 1. The molecule has 0 aliphatic heterocycles. The Hall–Kier alpha value is -1.36. The molecule has 0 fully saturated rings. The second kappa shape index (κ2) is 4.49. The molecule has 0 bridgehead atoms. The van der Waals surface area contributed by atoms with Crippen molar-refractivity contribution >= 4 is 21.7 Å². The molecule has 0 spiro atoms. The summed E-state index contributed by atoms with van der Waals surface area (Å²) >= 11 is 5.77. The molecule has 3 nitrogen and oxygen atoms in total. The van der Waals surface area contributed by atoms with Crippen LogP contribution in [0.5, 0.6) is 0 Å². The first kappa shape index (κ1) is 12.1. The van der Waals surface area contributed by atoms with Gasteiger partial charge in [-0.1, -0.05) is 35.9 Å². The van der Waals surface area contributed by atoms with Gasteiger partial charge in [0.25, 0.3) is 10.1 Å². The summed E-state index contributed by atoms with van der Waals surface area (Å²) in [7, 11) is -4.17. The quantitative estimate of drug-likeness (QED) is 0.851. The fraction of sp³-hybridized carbons (Fsp3) is 0. The van der Waals surface area contributed by atoms with Gasteiger partial charge in [0.1, 0.15) is 0 Å². The van der Waals surface area contributed by atoms with Crippen molar-refractivity contribution in [3.05, 3.63) is 53.6 Å². The molecule has 0 amide bonds. The normalized spacial score (nSPS) is 11.4. The Kier molecular flexibility index (Phi) is 3.19. The van der Waals surface area contributed by atoms with E-state index in [1.54, 1.807) is 36.4 Å². The Morgan fingerprint density at radius 1 is 0.941 bits per heavy atom. The van der Waals surface area contributed by atoms with Crippen molar-refractivity contribution in [2.24, 2.45) is 0 Å². The lowest BCUT2D eigenvalue weighted by atomic mass is 10.1. The van der Waals surface area contributed by atoms with Crippen LogP contribution in [0.15, 0.2) is 53.4 Å². The molecule has 0 unspecified atom stereocenters. The highest BCUT2D eigenvalue weighted by atomic mass is 35.5. The lowest BCUT2D eigenvalue weighted by Crippen LogP contribution is -1.97. The van der Waals surface area contributed by atoms with Crippen molar-refractivity contribution in [3.63, 3.8) is 0 Å². The van der Waals surface area contributed by atoms with Gasteiger partial charge in [-0.05, 0) is 35.4 Å². The van der Waals surface area contributed by atoms with Crippen molar-refractivity contribution in [2.45, 2.75) is 4.90 Å². The van der Waals surface area contributed by atoms with Gasteiger partial charge in [-0.15, -0.1) is 0 Å². The smallest absolute Gasteiger partial charge is 0.282 e. The van der Waals surface area contributed by atoms with Gasteiger partial charge >= 0.3 is 0 Å². The monoisotopic (exact) mass is 268 g/mol. The van der Waals surface area contributed by atoms with Gasteiger partial charge in [-0.25, -0.2) is 0 Å². The Morgan fingerprint density at radius 3 is 2.18 bits per heavy atom. The average Bonchev–Trinajstić information content (AvgIpc) is 2.29. The van der Waals surface area contributed by atoms with E-state index in [-0.39, 0.29) is 4.90 Å². The average molecular weight is 269 g/mol. The van der Waals surface area contributed by atoms with Crippen molar-refractivity contribution in [1.29, 1.82) is 0 Å². The van der Waals surface area contributed by atoms with Gasteiger partial charge in [0, 0.05) is 5.02 Å². The van der Waals surface area contributed by atoms with Crippen LogP contribution in [0, 0.1) is 0 Å². The SMILES string of the molecule is O=S(=O)(O)c1cccc(-c2ccc(Cl)cc2)c1. The lowest BCUT2D eigenvalue weighted by Gasteiger charge is -2.03. The molecule has 5 heteroatoms. The van der Waals surface area contributed by atoms with Crippen molar-refractivity contribution in [3.8, 4) is 11.1 Å². The molecule has 0 aromatic heterocycles. The van der Waals surface area contributed by atoms with E-state index >= 15 is 0 Å². The van der Waals surface area contributed by atoms with Crippen LogP contribution >= 0.6 is 11.6 Å². The number of rotatable bonds is 2. The molecular formula is C12H9ClO3S. The maximum Gasteiger partial charge on any atom is 0.294 e. The molecular weight excluding hydrogens is 260 g/mol. The van der Waals surface area contributed by atoms with Crippen LogP contribution in [0.3, 0.4) is 0 Å². The van der Waals surface area contributed by atoms with Crippen LogP contribution in [0.1, 0.15) is 0 Å². The summed E-state index contributed by atoms with van der Waals surface area (Å²) in [6.07, 6.45) is 0. The van der Waals surface area contributed by atoms with Crippen LogP contribution in [-0.4, -0.2) is 13.0 Å². The number of halogens is 1. The van der Waals surface area contributed by atoms with E-state index in [9.17, 15) is 8.42 Å². The fourth-order valence-electron chi connectivity index (χ4n) is 1.48. The van der Waals surface area contributed by atoms with Crippen molar-refractivity contribution < 1.29 is 13.0 Å². The zero-order chi connectivity index (χ0) is 12.5. The molecule has 0 radical (unpaired) electrons. The third-order valence-electron chi connectivity index (χ3n) is 2.31. The zero-order valence-electron chi connectivity index (χ0n) is 8.67. The summed E-state index contributed by atoms with van der Waals surface area (Å²) in [4.78, 5) is -0.120. The number of benzene rings is 2. The summed E-state index contributed by atoms with van der Waals surface area (Å²) in [5.41, 5.74) is 1.54. The Bertz CT molecular complexity index is 633. The Morgan fingerprint density at radius 2 is 1.59 bits per heavy atom. The van der Waals surface area contributed by atoms with Crippen LogP contribution in [0.4, 0.5) is 0 Å². The van der Waals surface area contributed by atoms with Crippen LogP contribution in [-0.2, 0) is 10.1 Å². The topological polar surface area (TPSA) is 54.4 Å². The molecule has 0 atom stereocenters. The summed E-state index contributed by atoms with van der Waals surface area (Å²) < 4.78 is 31.0. The molecule has 2 rings (SSSR count). The maximum absolute atomic E-state index is 11.0. The summed E-state index contributed by atoms with van der Waals surface area (Å²) in [5.74, 6) is 0. The molecule has 17 heavy (non-hydrogen) atoms. The van der Waals surface area contributed by atoms with Gasteiger partial charge < -0.3 is 0 Å². The van der Waals surface area contributed by atoms with E-state index in [0.717, 1.165) is 5.56 Å². The first-order valence-corrected chi connectivity index (χ1v) is 6.62. The molecule has 0 heterocycles. The molecule has 0 saturated carbocycles. The summed E-state index contributed by atoms with van der Waals surface area (Å²) in [6.45, 7) is 0. The third kappa shape index (κ3) is 2.85. The molecule has 1 N–H and O–H groups in total. The third-order valence-corrected chi connectivity index (χ3v) is 3.41. The minimum atomic E-state index is -4.17. The molecule has 0 saturated heterocycles. The highest BCUT2D eigenvalue weighted by Gasteiger charge is 2.10. The molecule has 88 valence electrons. The molecule has 0 aliphatic carbocycles. The van der Waals surface area contributed by atoms with E-state index in [0.29, 0.717) is 10.6 Å².